The minimum Gasteiger partial charge on any atom is -0.229 e. The monoisotopic (exact) mass is 244 g/mol. The molecule has 1 aromatic rings. The predicted molar refractivity (Wildman–Crippen MR) is 63.9 cm³/mol. The molecule has 0 heterocycles. The van der Waals surface area contributed by atoms with E-state index in [1.54, 1.807) is 0 Å². The summed E-state index contributed by atoms with van der Waals surface area (Å²) in [5, 5.41) is 0. The first kappa shape index (κ1) is 13.2. The van der Waals surface area contributed by atoms with E-state index in [9.17, 15) is 12.8 Å². The maximum atomic E-state index is 13.3. The van der Waals surface area contributed by atoms with Gasteiger partial charge >= 0.3 is 0 Å². The Hall–Kier alpha value is -0.900. The van der Waals surface area contributed by atoms with E-state index in [2.05, 4.69) is 0 Å². The molecule has 16 heavy (non-hydrogen) atoms. The van der Waals surface area contributed by atoms with Gasteiger partial charge in [-0.05, 0) is 35.6 Å². The zero-order valence-corrected chi connectivity index (χ0v) is 10.6. The fourth-order valence-electron chi connectivity index (χ4n) is 1.46. The van der Waals surface area contributed by atoms with Crippen molar-refractivity contribution in [3.63, 3.8) is 0 Å². The van der Waals surface area contributed by atoms with Crippen molar-refractivity contribution in [2.45, 2.75) is 26.2 Å². The first-order chi connectivity index (χ1) is 7.28. The van der Waals surface area contributed by atoms with Gasteiger partial charge in [0.05, 0.1) is 5.75 Å². The van der Waals surface area contributed by atoms with Crippen LogP contribution in [0, 0.1) is 5.82 Å². The molecule has 1 rings (SSSR count). The maximum absolute atomic E-state index is 13.3. The number of aryl methyl sites for hydroxylation is 1. The SMILES string of the molecule is CC(C)c1cc(F)cc(CCS(C)(=O)=O)c1. The molecule has 0 aliphatic heterocycles. The van der Waals surface area contributed by atoms with Crippen LogP contribution < -0.4 is 0 Å². The lowest BCUT2D eigenvalue weighted by Crippen LogP contribution is -2.06. The molecule has 0 atom stereocenters. The Morgan fingerprint density at radius 3 is 2.38 bits per heavy atom. The summed E-state index contributed by atoms with van der Waals surface area (Å²) in [7, 11) is -2.99. The second kappa shape index (κ2) is 4.95. The summed E-state index contributed by atoms with van der Waals surface area (Å²) in [5.74, 6) is 0.0101. The standard InChI is InChI=1S/C12H17FO2S/c1-9(2)11-6-10(7-12(13)8-11)4-5-16(3,14)15/h6-9H,4-5H2,1-3H3. The van der Waals surface area contributed by atoms with Crippen LogP contribution in [-0.2, 0) is 16.3 Å². The predicted octanol–water partition coefficient (Wildman–Crippen LogP) is 2.54. The minimum absolute atomic E-state index is 0.0635. The summed E-state index contributed by atoms with van der Waals surface area (Å²) >= 11 is 0. The molecular formula is C12H17FO2S. The quantitative estimate of drug-likeness (QED) is 0.815. The van der Waals surface area contributed by atoms with Crippen LogP contribution >= 0.6 is 0 Å². The molecule has 0 amide bonds. The van der Waals surface area contributed by atoms with Gasteiger partial charge in [-0.1, -0.05) is 19.9 Å². The number of halogens is 1. The molecule has 2 nitrogen and oxygen atoms in total. The van der Waals surface area contributed by atoms with Gasteiger partial charge in [0.25, 0.3) is 0 Å². The molecule has 0 unspecified atom stereocenters. The maximum Gasteiger partial charge on any atom is 0.147 e. The molecule has 0 aliphatic rings. The molecule has 1 aromatic carbocycles. The average molecular weight is 244 g/mol. The van der Waals surface area contributed by atoms with Crippen LogP contribution in [0.15, 0.2) is 18.2 Å². The third-order valence-electron chi connectivity index (χ3n) is 2.41. The molecule has 4 heteroatoms. The first-order valence-corrected chi connectivity index (χ1v) is 7.31. The fourth-order valence-corrected chi connectivity index (χ4v) is 2.06. The summed E-state index contributed by atoms with van der Waals surface area (Å²) in [6, 6.07) is 4.77. The molecule has 0 saturated carbocycles. The van der Waals surface area contributed by atoms with Crippen molar-refractivity contribution in [3.8, 4) is 0 Å². The van der Waals surface area contributed by atoms with Crippen LogP contribution in [0.5, 0.6) is 0 Å². The minimum atomic E-state index is -2.99. The van der Waals surface area contributed by atoms with Crippen LogP contribution in [0.25, 0.3) is 0 Å². The second-order valence-corrected chi connectivity index (χ2v) is 6.69. The molecule has 0 saturated heterocycles. The van der Waals surface area contributed by atoms with Crippen molar-refractivity contribution in [2.75, 3.05) is 12.0 Å². The van der Waals surface area contributed by atoms with E-state index >= 15 is 0 Å². The van der Waals surface area contributed by atoms with Gasteiger partial charge in [0.1, 0.15) is 15.7 Å². The van der Waals surface area contributed by atoms with Crippen molar-refractivity contribution in [3.05, 3.63) is 35.1 Å². The zero-order valence-electron chi connectivity index (χ0n) is 9.83. The molecule has 0 aliphatic carbocycles. The van der Waals surface area contributed by atoms with E-state index in [0.29, 0.717) is 6.42 Å². The molecule has 0 bridgehead atoms. The summed E-state index contributed by atoms with van der Waals surface area (Å²) in [5.41, 5.74) is 1.65. The summed E-state index contributed by atoms with van der Waals surface area (Å²) in [4.78, 5) is 0. The van der Waals surface area contributed by atoms with Crippen molar-refractivity contribution in [1.82, 2.24) is 0 Å². The number of benzene rings is 1. The van der Waals surface area contributed by atoms with E-state index in [1.165, 1.54) is 18.4 Å². The van der Waals surface area contributed by atoms with Crippen LogP contribution in [-0.4, -0.2) is 20.4 Å². The number of hydrogen-bond donors (Lipinski definition) is 0. The highest BCUT2D eigenvalue weighted by Crippen LogP contribution is 2.18. The summed E-state index contributed by atoms with van der Waals surface area (Å²) < 4.78 is 35.3. The highest BCUT2D eigenvalue weighted by molar-refractivity contribution is 7.90. The van der Waals surface area contributed by atoms with Crippen molar-refractivity contribution in [1.29, 1.82) is 0 Å². The van der Waals surface area contributed by atoms with Crippen LogP contribution in [0.1, 0.15) is 30.9 Å². The van der Waals surface area contributed by atoms with Gasteiger partial charge in [0.15, 0.2) is 0 Å². The molecule has 90 valence electrons. The van der Waals surface area contributed by atoms with Gasteiger partial charge in [0.2, 0.25) is 0 Å². The fraction of sp³-hybridized carbons (Fsp3) is 0.500. The molecule has 0 spiro atoms. The lowest BCUT2D eigenvalue weighted by Gasteiger charge is -2.08. The van der Waals surface area contributed by atoms with Crippen LogP contribution in [0.3, 0.4) is 0 Å². The van der Waals surface area contributed by atoms with Crippen LogP contribution in [0.4, 0.5) is 4.39 Å². The Morgan fingerprint density at radius 2 is 1.88 bits per heavy atom. The largest absolute Gasteiger partial charge is 0.229 e. The van der Waals surface area contributed by atoms with Crippen molar-refractivity contribution >= 4 is 9.84 Å². The van der Waals surface area contributed by atoms with Gasteiger partial charge in [-0.25, -0.2) is 12.8 Å². The Balaban J connectivity index is 2.89. The molecular weight excluding hydrogens is 227 g/mol. The van der Waals surface area contributed by atoms with Crippen LogP contribution in [0.2, 0.25) is 0 Å². The zero-order chi connectivity index (χ0) is 12.3. The lowest BCUT2D eigenvalue weighted by molar-refractivity contribution is 0.600. The molecule has 0 N–H and O–H groups in total. The Kier molecular flexibility index (Phi) is 4.08. The topological polar surface area (TPSA) is 34.1 Å². The van der Waals surface area contributed by atoms with Crippen molar-refractivity contribution < 1.29 is 12.8 Å². The number of sulfone groups is 1. The summed E-state index contributed by atoms with van der Waals surface area (Å²) in [6.07, 6.45) is 1.56. The van der Waals surface area contributed by atoms with Gasteiger partial charge in [-0.2, -0.15) is 0 Å². The molecule has 0 aromatic heterocycles. The van der Waals surface area contributed by atoms with Gasteiger partial charge in [0, 0.05) is 6.26 Å². The Labute approximate surface area is 96.4 Å². The Bertz CT molecular complexity index is 464. The average Bonchev–Trinajstić information content (AvgIpc) is 2.13. The second-order valence-electron chi connectivity index (χ2n) is 4.43. The van der Waals surface area contributed by atoms with E-state index < -0.39 is 9.84 Å². The molecule has 0 radical (unpaired) electrons. The molecule has 0 fully saturated rings. The van der Waals surface area contributed by atoms with E-state index in [-0.39, 0.29) is 17.5 Å². The number of hydrogen-bond acceptors (Lipinski definition) is 2. The third kappa shape index (κ3) is 4.31. The van der Waals surface area contributed by atoms with Crippen molar-refractivity contribution in [2.24, 2.45) is 0 Å². The third-order valence-corrected chi connectivity index (χ3v) is 3.35. The van der Waals surface area contributed by atoms with Gasteiger partial charge in [-0.15, -0.1) is 0 Å². The highest BCUT2D eigenvalue weighted by Gasteiger charge is 2.07. The van der Waals surface area contributed by atoms with E-state index in [1.807, 2.05) is 19.9 Å². The van der Waals surface area contributed by atoms with Gasteiger partial charge < -0.3 is 0 Å². The van der Waals surface area contributed by atoms with Gasteiger partial charge in [-0.3, -0.25) is 0 Å². The lowest BCUT2D eigenvalue weighted by atomic mass is 10.00. The Morgan fingerprint density at radius 1 is 1.25 bits per heavy atom. The first-order valence-electron chi connectivity index (χ1n) is 5.25. The smallest absolute Gasteiger partial charge is 0.147 e. The normalized spacial score (nSPS) is 12.1. The number of rotatable bonds is 4. The van der Waals surface area contributed by atoms with E-state index in [0.717, 1.165) is 11.1 Å². The summed E-state index contributed by atoms with van der Waals surface area (Å²) in [6.45, 7) is 3.96. The van der Waals surface area contributed by atoms with E-state index in [4.69, 9.17) is 0 Å². The highest BCUT2D eigenvalue weighted by atomic mass is 32.2.